The minimum atomic E-state index is -5.08. The highest BCUT2D eigenvalue weighted by Gasteiger charge is 2.47. The molecule has 0 bridgehead atoms. The number of pyridine rings is 1. The smallest absolute Gasteiger partial charge is 0.488 e. The average Bonchev–Trinajstić information content (AvgIpc) is 2.25. The minimum Gasteiger partial charge on any atom is -0.488 e. The SMILES string of the molecule is FC1(F)CC(Oc2cncc(Br)c2)C1.O=C(O)C(F)(F)F. The quantitative estimate of drug-likeness (QED) is 0.799. The summed E-state index contributed by atoms with van der Waals surface area (Å²) in [4.78, 5) is 12.8. The first-order valence-corrected chi connectivity index (χ1v) is 6.24. The molecule has 0 spiro atoms. The molecule has 0 unspecified atom stereocenters. The highest BCUT2D eigenvalue weighted by atomic mass is 79.9. The lowest BCUT2D eigenvalue weighted by Gasteiger charge is -2.34. The van der Waals surface area contributed by atoms with Gasteiger partial charge in [0.15, 0.2) is 0 Å². The number of carboxylic acids is 1. The number of hydrogen-bond donors (Lipinski definition) is 1. The molecule has 1 heterocycles. The molecule has 0 amide bonds. The molecular weight excluding hydrogens is 369 g/mol. The molecule has 1 aliphatic carbocycles. The summed E-state index contributed by atoms with van der Waals surface area (Å²) in [5.41, 5.74) is 0. The fourth-order valence-corrected chi connectivity index (χ4v) is 1.68. The molecule has 0 aromatic carbocycles. The molecule has 2 rings (SSSR count). The molecule has 0 aliphatic heterocycles. The van der Waals surface area contributed by atoms with Crippen molar-refractivity contribution in [1.29, 1.82) is 0 Å². The number of aromatic nitrogens is 1. The molecule has 4 nitrogen and oxygen atoms in total. The van der Waals surface area contributed by atoms with Crippen molar-refractivity contribution in [2.24, 2.45) is 0 Å². The Hall–Kier alpha value is -1.45. The Morgan fingerprint density at radius 1 is 1.38 bits per heavy atom. The van der Waals surface area contributed by atoms with Crippen molar-refractivity contribution in [3.8, 4) is 5.75 Å². The molecule has 21 heavy (non-hydrogen) atoms. The fourth-order valence-electron chi connectivity index (χ4n) is 1.34. The van der Waals surface area contributed by atoms with Crippen LogP contribution in [0.4, 0.5) is 22.0 Å². The maximum atomic E-state index is 12.5. The van der Waals surface area contributed by atoms with Crippen LogP contribution < -0.4 is 4.74 Å². The molecule has 0 saturated heterocycles. The Bertz CT molecular complexity index is 501. The van der Waals surface area contributed by atoms with E-state index in [1.165, 1.54) is 6.20 Å². The summed E-state index contributed by atoms with van der Waals surface area (Å²) in [6, 6.07) is 1.71. The van der Waals surface area contributed by atoms with Gasteiger partial charge in [0.2, 0.25) is 0 Å². The molecule has 1 fully saturated rings. The second kappa shape index (κ2) is 6.54. The minimum absolute atomic E-state index is 0.195. The third kappa shape index (κ3) is 6.23. The van der Waals surface area contributed by atoms with Crippen molar-refractivity contribution in [2.75, 3.05) is 0 Å². The van der Waals surface area contributed by atoms with Crippen molar-refractivity contribution in [3.05, 3.63) is 22.9 Å². The van der Waals surface area contributed by atoms with E-state index in [-0.39, 0.29) is 18.9 Å². The summed E-state index contributed by atoms with van der Waals surface area (Å²) in [5.74, 6) is -4.77. The van der Waals surface area contributed by atoms with E-state index in [0.29, 0.717) is 5.75 Å². The summed E-state index contributed by atoms with van der Waals surface area (Å²) < 4.78 is 62.7. The molecule has 1 saturated carbocycles. The van der Waals surface area contributed by atoms with Gasteiger partial charge < -0.3 is 9.84 Å². The van der Waals surface area contributed by atoms with Crippen molar-refractivity contribution in [1.82, 2.24) is 4.98 Å². The van der Waals surface area contributed by atoms with Gasteiger partial charge >= 0.3 is 12.1 Å². The van der Waals surface area contributed by atoms with Gasteiger partial charge in [-0.1, -0.05) is 0 Å². The third-order valence-corrected chi connectivity index (χ3v) is 2.71. The monoisotopic (exact) mass is 377 g/mol. The van der Waals surface area contributed by atoms with Crippen LogP contribution in [0.2, 0.25) is 0 Å². The highest BCUT2D eigenvalue weighted by molar-refractivity contribution is 9.10. The van der Waals surface area contributed by atoms with Gasteiger partial charge in [-0.05, 0) is 22.0 Å². The van der Waals surface area contributed by atoms with Crippen molar-refractivity contribution in [2.45, 2.75) is 31.0 Å². The number of nitrogens with zero attached hydrogens (tertiary/aromatic N) is 1. The number of halogens is 6. The Morgan fingerprint density at radius 3 is 2.29 bits per heavy atom. The van der Waals surface area contributed by atoms with Crippen LogP contribution in [0.15, 0.2) is 22.9 Å². The summed E-state index contributed by atoms with van der Waals surface area (Å²) in [7, 11) is 0. The number of carboxylic acid groups (broad SMARTS) is 1. The fraction of sp³-hybridized carbons (Fsp3) is 0.455. The topological polar surface area (TPSA) is 59.4 Å². The van der Waals surface area contributed by atoms with Crippen LogP contribution in [-0.4, -0.2) is 34.3 Å². The second-order valence-corrected chi connectivity index (χ2v) is 5.06. The van der Waals surface area contributed by atoms with E-state index < -0.39 is 18.1 Å². The van der Waals surface area contributed by atoms with Crippen molar-refractivity contribution >= 4 is 21.9 Å². The van der Waals surface area contributed by atoms with Crippen molar-refractivity contribution < 1.29 is 36.6 Å². The van der Waals surface area contributed by atoms with Crippen LogP contribution >= 0.6 is 15.9 Å². The van der Waals surface area contributed by atoms with E-state index in [2.05, 4.69) is 20.9 Å². The van der Waals surface area contributed by atoms with Gasteiger partial charge in [0.25, 0.3) is 5.92 Å². The molecule has 1 aromatic heterocycles. The van der Waals surface area contributed by atoms with E-state index in [1.807, 2.05) is 0 Å². The Kier molecular flexibility index (Phi) is 5.48. The molecule has 118 valence electrons. The predicted octanol–water partition coefficient (Wildman–Crippen LogP) is 3.65. The number of carbonyl (C=O) groups is 1. The highest BCUT2D eigenvalue weighted by Crippen LogP contribution is 2.39. The largest absolute Gasteiger partial charge is 0.490 e. The Labute approximate surface area is 124 Å². The van der Waals surface area contributed by atoms with Crippen LogP contribution in [0.5, 0.6) is 5.75 Å². The number of ether oxygens (including phenoxy) is 1. The molecule has 1 N–H and O–H groups in total. The van der Waals surface area contributed by atoms with Crippen molar-refractivity contribution in [3.63, 3.8) is 0 Å². The summed E-state index contributed by atoms with van der Waals surface area (Å²) >= 11 is 3.22. The standard InChI is InChI=1S/C9H8BrF2NO.C2HF3O2/c10-6-1-7(5-13-4-6)14-8-2-9(11,12)3-8;3-2(4,5)1(6)7/h1,4-5,8H,2-3H2;(H,6,7). The van der Waals surface area contributed by atoms with Gasteiger partial charge in [0.1, 0.15) is 11.9 Å². The first-order chi connectivity index (χ1) is 9.49. The summed E-state index contributed by atoms with van der Waals surface area (Å²) in [5, 5.41) is 7.12. The van der Waals surface area contributed by atoms with E-state index >= 15 is 0 Å². The third-order valence-electron chi connectivity index (χ3n) is 2.28. The van der Waals surface area contributed by atoms with E-state index in [0.717, 1.165) is 4.47 Å². The first kappa shape index (κ1) is 17.6. The Morgan fingerprint density at radius 2 is 1.90 bits per heavy atom. The van der Waals surface area contributed by atoms with Crippen LogP contribution in [-0.2, 0) is 4.79 Å². The maximum Gasteiger partial charge on any atom is 0.490 e. The molecular formula is C11H9BrF5NO3. The summed E-state index contributed by atoms with van der Waals surface area (Å²) in [6.45, 7) is 0. The van der Waals surface area contributed by atoms with Crippen LogP contribution in [0.25, 0.3) is 0 Å². The van der Waals surface area contributed by atoms with Gasteiger partial charge in [-0.3, -0.25) is 4.98 Å². The zero-order chi connectivity index (χ0) is 16.3. The number of alkyl halides is 5. The van der Waals surface area contributed by atoms with Crippen LogP contribution in [0.1, 0.15) is 12.8 Å². The predicted molar refractivity (Wildman–Crippen MR) is 64.2 cm³/mol. The first-order valence-electron chi connectivity index (χ1n) is 5.45. The van der Waals surface area contributed by atoms with Gasteiger partial charge in [0.05, 0.1) is 6.20 Å². The van der Waals surface area contributed by atoms with Gasteiger partial charge in [0, 0.05) is 23.5 Å². The van der Waals surface area contributed by atoms with E-state index in [4.69, 9.17) is 14.6 Å². The second-order valence-electron chi connectivity index (χ2n) is 4.15. The van der Waals surface area contributed by atoms with Gasteiger partial charge in [-0.15, -0.1) is 0 Å². The van der Waals surface area contributed by atoms with Gasteiger partial charge in [-0.25, -0.2) is 13.6 Å². The summed E-state index contributed by atoms with van der Waals surface area (Å²) in [6.07, 6.45) is -2.72. The normalized spacial score (nSPS) is 17.2. The zero-order valence-corrected chi connectivity index (χ0v) is 11.8. The van der Waals surface area contributed by atoms with Crippen LogP contribution in [0, 0.1) is 0 Å². The maximum absolute atomic E-state index is 12.5. The number of rotatable bonds is 2. The van der Waals surface area contributed by atoms with Gasteiger partial charge in [-0.2, -0.15) is 13.2 Å². The molecule has 0 atom stereocenters. The lowest BCUT2D eigenvalue weighted by Crippen LogP contribution is -2.43. The van der Waals surface area contributed by atoms with E-state index in [9.17, 15) is 22.0 Å². The lowest BCUT2D eigenvalue weighted by atomic mass is 9.91. The molecule has 1 aromatic rings. The zero-order valence-electron chi connectivity index (χ0n) is 10.2. The molecule has 1 aliphatic rings. The Balaban J connectivity index is 0.000000270. The molecule has 10 heteroatoms. The number of hydrogen-bond acceptors (Lipinski definition) is 3. The average molecular weight is 378 g/mol. The molecule has 0 radical (unpaired) electrons. The lowest BCUT2D eigenvalue weighted by molar-refractivity contribution is -0.192. The van der Waals surface area contributed by atoms with Crippen LogP contribution in [0.3, 0.4) is 0 Å². The number of aliphatic carboxylic acids is 1. The van der Waals surface area contributed by atoms with E-state index in [1.54, 1.807) is 12.3 Å².